The third-order valence-electron chi connectivity index (χ3n) is 4.39. The molecule has 0 amide bonds. The highest BCUT2D eigenvalue weighted by atomic mass is 16.5. The van der Waals surface area contributed by atoms with Crippen LogP contribution in [0.2, 0.25) is 0 Å². The van der Waals surface area contributed by atoms with E-state index in [1.807, 2.05) is 6.20 Å². The van der Waals surface area contributed by atoms with Gasteiger partial charge in [0.15, 0.2) is 0 Å². The van der Waals surface area contributed by atoms with Gasteiger partial charge in [-0.25, -0.2) is 4.98 Å². The lowest BCUT2D eigenvalue weighted by molar-refractivity contribution is 0.0943. The van der Waals surface area contributed by atoms with Crippen LogP contribution in [0.3, 0.4) is 0 Å². The van der Waals surface area contributed by atoms with Gasteiger partial charge < -0.3 is 10.1 Å². The van der Waals surface area contributed by atoms with Gasteiger partial charge in [-0.2, -0.15) is 0 Å². The fraction of sp³-hybridized carbons (Fsp3) is 0.750. The van der Waals surface area contributed by atoms with Crippen molar-refractivity contribution in [3.05, 3.63) is 18.1 Å². The van der Waals surface area contributed by atoms with Crippen molar-refractivity contribution in [2.75, 3.05) is 0 Å². The lowest BCUT2D eigenvalue weighted by Gasteiger charge is -2.34. The summed E-state index contributed by atoms with van der Waals surface area (Å²) >= 11 is 0. The van der Waals surface area contributed by atoms with E-state index in [1.165, 1.54) is 25.7 Å². The molecule has 2 aliphatic carbocycles. The summed E-state index contributed by atoms with van der Waals surface area (Å²) in [4.78, 5) is 8.81. The first-order valence-electron chi connectivity index (χ1n) is 7.82. The molecule has 2 fully saturated rings. The van der Waals surface area contributed by atoms with Crippen molar-refractivity contribution in [2.24, 2.45) is 5.41 Å². The average molecular weight is 275 g/mol. The summed E-state index contributed by atoms with van der Waals surface area (Å²) in [5.41, 5.74) is 1.45. The van der Waals surface area contributed by atoms with E-state index < -0.39 is 0 Å². The Morgan fingerprint density at radius 2 is 1.95 bits per heavy atom. The van der Waals surface area contributed by atoms with E-state index in [-0.39, 0.29) is 0 Å². The highest BCUT2D eigenvalue weighted by molar-refractivity contribution is 5.09. The number of hydrogen-bond acceptors (Lipinski definition) is 4. The molecule has 2 saturated carbocycles. The predicted molar refractivity (Wildman–Crippen MR) is 78.6 cm³/mol. The highest BCUT2D eigenvalue weighted by Gasteiger charge is 2.28. The summed E-state index contributed by atoms with van der Waals surface area (Å²) in [7, 11) is 0. The van der Waals surface area contributed by atoms with Crippen LogP contribution in [0.1, 0.15) is 58.1 Å². The Hall–Kier alpha value is -1.16. The summed E-state index contributed by atoms with van der Waals surface area (Å²) in [6.45, 7) is 5.48. The average Bonchev–Trinajstić information content (AvgIpc) is 3.24. The van der Waals surface area contributed by atoms with E-state index in [9.17, 15) is 0 Å². The maximum absolute atomic E-state index is 6.01. The standard InChI is InChI=1S/C16H25N3O/c1-16(2)7-5-14(6-8-16)20-15-11-17-9-13(19-15)10-18-12-3-4-12/h9,11-12,14,18H,3-8,10H2,1-2H3. The van der Waals surface area contributed by atoms with Crippen LogP contribution in [0.4, 0.5) is 0 Å². The zero-order chi connectivity index (χ0) is 14.0. The zero-order valence-electron chi connectivity index (χ0n) is 12.6. The Morgan fingerprint density at radius 3 is 2.65 bits per heavy atom. The minimum absolute atomic E-state index is 0.309. The van der Waals surface area contributed by atoms with Gasteiger partial charge in [-0.15, -0.1) is 0 Å². The fourth-order valence-corrected chi connectivity index (χ4v) is 2.73. The quantitative estimate of drug-likeness (QED) is 0.897. The van der Waals surface area contributed by atoms with Crippen molar-refractivity contribution in [3.63, 3.8) is 0 Å². The Bertz CT molecular complexity index is 447. The van der Waals surface area contributed by atoms with Crippen molar-refractivity contribution in [2.45, 2.75) is 71.1 Å². The number of hydrogen-bond donors (Lipinski definition) is 1. The molecule has 0 unspecified atom stereocenters. The Balaban J connectivity index is 1.52. The summed E-state index contributed by atoms with van der Waals surface area (Å²) < 4.78 is 6.01. The number of nitrogens with one attached hydrogen (secondary N) is 1. The second-order valence-electron chi connectivity index (χ2n) is 6.99. The molecular formula is C16H25N3O. The molecule has 0 aliphatic heterocycles. The van der Waals surface area contributed by atoms with Crippen LogP contribution in [-0.2, 0) is 6.54 Å². The third-order valence-corrected chi connectivity index (χ3v) is 4.39. The lowest BCUT2D eigenvalue weighted by Crippen LogP contribution is -2.28. The van der Waals surface area contributed by atoms with Crippen LogP contribution in [0.15, 0.2) is 12.4 Å². The largest absolute Gasteiger partial charge is 0.473 e. The molecule has 4 nitrogen and oxygen atoms in total. The summed E-state index contributed by atoms with van der Waals surface area (Å²) in [5, 5.41) is 3.46. The van der Waals surface area contributed by atoms with Crippen LogP contribution < -0.4 is 10.1 Å². The fourth-order valence-electron chi connectivity index (χ4n) is 2.73. The Morgan fingerprint density at radius 1 is 1.20 bits per heavy atom. The van der Waals surface area contributed by atoms with E-state index >= 15 is 0 Å². The second kappa shape index (κ2) is 5.68. The minimum Gasteiger partial charge on any atom is -0.473 e. The van der Waals surface area contributed by atoms with E-state index in [1.54, 1.807) is 6.20 Å². The first kappa shape index (κ1) is 13.8. The van der Waals surface area contributed by atoms with Crippen molar-refractivity contribution in [1.29, 1.82) is 0 Å². The van der Waals surface area contributed by atoms with Crippen molar-refractivity contribution >= 4 is 0 Å². The van der Waals surface area contributed by atoms with Gasteiger partial charge in [0, 0.05) is 18.8 Å². The lowest BCUT2D eigenvalue weighted by atomic mass is 9.76. The Kier molecular flexibility index (Phi) is 3.92. The molecule has 0 atom stereocenters. The van der Waals surface area contributed by atoms with Crippen LogP contribution in [0.25, 0.3) is 0 Å². The van der Waals surface area contributed by atoms with Crippen molar-refractivity contribution in [1.82, 2.24) is 15.3 Å². The van der Waals surface area contributed by atoms with Crippen LogP contribution >= 0.6 is 0 Å². The number of aromatic nitrogens is 2. The highest BCUT2D eigenvalue weighted by Crippen LogP contribution is 2.36. The summed E-state index contributed by atoms with van der Waals surface area (Å²) in [6.07, 6.45) is 11.2. The second-order valence-corrected chi connectivity index (χ2v) is 6.99. The van der Waals surface area contributed by atoms with E-state index in [2.05, 4.69) is 29.1 Å². The molecule has 0 radical (unpaired) electrons. The molecule has 3 rings (SSSR count). The molecule has 2 aliphatic rings. The molecule has 1 aromatic rings. The molecule has 1 aromatic heterocycles. The maximum Gasteiger partial charge on any atom is 0.232 e. The van der Waals surface area contributed by atoms with Crippen LogP contribution in [0, 0.1) is 5.41 Å². The molecule has 0 bridgehead atoms. The smallest absolute Gasteiger partial charge is 0.232 e. The van der Waals surface area contributed by atoms with Crippen molar-refractivity contribution < 1.29 is 4.74 Å². The minimum atomic E-state index is 0.309. The van der Waals surface area contributed by atoms with Gasteiger partial charge in [0.2, 0.25) is 5.88 Å². The maximum atomic E-state index is 6.01. The van der Waals surface area contributed by atoms with E-state index in [4.69, 9.17) is 4.74 Å². The monoisotopic (exact) mass is 275 g/mol. The SMILES string of the molecule is CC1(C)CCC(Oc2cncc(CNC3CC3)n2)CC1. The van der Waals surface area contributed by atoms with E-state index in [0.717, 1.165) is 25.1 Å². The normalized spacial score (nSPS) is 22.7. The molecule has 1 heterocycles. The molecule has 1 N–H and O–H groups in total. The number of rotatable bonds is 5. The Labute approximate surface area is 121 Å². The van der Waals surface area contributed by atoms with Gasteiger partial charge in [-0.05, 0) is 43.9 Å². The molecular weight excluding hydrogens is 250 g/mol. The summed E-state index contributed by atoms with van der Waals surface area (Å²) in [6, 6.07) is 0.696. The van der Waals surface area contributed by atoms with Crippen LogP contribution in [0.5, 0.6) is 5.88 Å². The van der Waals surface area contributed by atoms with Gasteiger partial charge in [0.05, 0.1) is 11.9 Å². The van der Waals surface area contributed by atoms with Crippen molar-refractivity contribution in [3.8, 4) is 5.88 Å². The van der Waals surface area contributed by atoms with E-state index in [0.29, 0.717) is 23.4 Å². The van der Waals surface area contributed by atoms with Gasteiger partial charge in [-0.1, -0.05) is 13.8 Å². The molecule has 110 valence electrons. The number of nitrogens with zero attached hydrogens (tertiary/aromatic N) is 2. The molecule has 0 spiro atoms. The van der Waals surface area contributed by atoms with Gasteiger partial charge in [0.25, 0.3) is 0 Å². The third kappa shape index (κ3) is 3.92. The van der Waals surface area contributed by atoms with Crippen LogP contribution in [-0.4, -0.2) is 22.1 Å². The molecule has 20 heavy (non-hydrogen) atoms. The molecule has 4 heteroatoms. The topological polar surface area (TPSA) is 47.0 Å². The molecule has 0 aromatic carbocycles. The summed E-state index contributed by atoms with van der Waals surface area (Å²) in [5.74, 6) is 0.685. The molecule has 0 saturated heterocycles. The first-order valence-corrected chi connectivity index (χ1v) is 7.82. The van der Waals surface area contributed by atoms with Gasteiger partial charge in [0.1, 0.15) is 6.10 Å². The van der Waals surface area contributed by atoms with Gasteiger partial charge in [-0.3, -0.25) is 4.98 Å². The predicted octanol–water partition coefficient (Wildman–Crippen LogP) is 3.08. The van der Waals surface area contributed by atoms with Gasteiger partial charge >= 0.3 is 0 Å². The first-order chi connectivity index (χ1) is 9.61. The zero-order valence-corrected chi connectivity index (χ0v) is 12.6. The number of ether oxygens (including phenoxy) is 1.